The topological polar surface area (TPSA) is 58.2 Å². The first kappa shape index (κ1) is 12.4. The van der Waals surface area contributed by atoms with E-state index < -0.39 is 10.2 Å². The summed E-state index contributed by atoms with van der Waals surface area (Å²) in [4.78, 5) is 0. The monoisotopic (exact) mass is 204 g/mol. The van der Waals surface area contributed by atoms with Gasteiger partial charge in [0.15, 0.2) is 0 Å². The molecule has 0 aliphatic carbocycles. The lowest BCUT2D eigenvalue weighted by atomic mass is 10.3. The lowest BCUT2D eigenvalue weighted by Gasteiger charge is -2.14. The van der Waals surface area contributed by atoms with Gasteiger partial charge in [0.25, 0.3) is 10.2 Å². The smallest absolute Gasteiger partial charge is 0.200 e. The van der Waals surface area contributed by atoms with E-state index in [4.69, 9.17) is 6.42 Å². The Morgan fingerprint density at radius 3 is 2.23 bits per heavy atom. The molecule has 0 bridgehead atoms. The zero-order valence-electron chi connectivity index (χ0n) is 8.16. The van der Waals surface area contributed by atoms with Crippen molar-refractivity contribution in [2.45, 2.75) is 39.3 Å². The number of hydrogen-bond acceptors (Lipinski definition) is 2. The van der Waals surface area contributed by atoms with E-state index in [1.807, 2.05) is 0 Å². The van der Waals surface area contributed by atoms with E-state index in [-0.39, 0.29) is 12.1 Å². The zero-order chi connectivity index (χ0) is 10.5. The van der Waals surface area contributed by atoms with Gasteiger partial charge in [-0.05, 0) is 20.8 Å². The lowest BCUT2D eigenvalue weighted by Crippen LogP contribution is -2.44. The quantitative estimate of drug-likeness (QED) is 0.630. The van der Waals surface area contributed by atoms with Gasteiger partial charge in [-0.2, -0.15) is 17.9 Å². The molecular formula is C8H16N2O2S. The number of terminal acetylenes is 1. The normalized spacial score (nSPS) is 14.1. The summed E-state index contributed by atoms with van der Waals surface area (Å²) in [6.07, 6.45) is 5.43. The van der Waals surface area contributed by atoms with Crippen molar-refractivity contribution in [1.29, 1.82) is 0 Å². The molecule has 1 atom stereocenters. The molecule has 1 unspecified atom stereocenters. The van der Waals surface area contributed by atoms with Crippen LogP contribution in [0.15, 0.2) is 0 Å². The van der Waals surface area contributed by atoms with Crippen molar-refractivity contribution in [3.05, 3.63) is 0 Å². The van der Waals surface area contributed by atoms with Crippen molar-refractivity contribution in [3.63, 3.8) is 0 Å². The summed E-state index contributed by atoms with van der Waals surface area (Å²) >= 11 is 0. The van der Waals surface area contributed by atoms with E-state index in [9.17, 15) is 8.42 Å². The predicted molar refractivity (Wildman–Crippen MR) is 53.2 cm³/mol. The van der Waals surface area contributed by atoms with Crippen LogP contribution in [0.1, 0.15) is 27.2 Å². The Kier molecular flexibility index (Phi) is 4.99. The fourth-order valence-electron chi connectivity index (χ4n) is 0.828. The standard InChI is InChI=1S/C8H16N2O2S/c1-5-6-8(4)10-13(11,12)9-7(2)3/h1,7-10H,6H2,2-4H3. The molecular weight excluding hydrogens is 188 g/mol. The molecule has 0 fully saturated rings. The van der Waals surface area contributed by atoms with Gasteiger partial charge in [0.1, 0.15) is 0 Å². The van der Waals surface area contributed by atoms with Crippen LogP contribution in [-0.4, -0.2) is 20.5 Å². The Labute approximate surface area is 80.3 Å². The maximum Gasteiger partial charge on any atom is 0.277 e. The highest BCUT2D eigenvalue weighted by atomic mass is 32.2. The molecule has 5 heteroatoms. The average Bonchev–Trinajstić information content (AvgIpc) is 1.81. The first-order valence-electron chi connectivity index (χ1n) is 4.10. The summed E-state index contributed by atoms with van der Waals surface area (Å²) in [5.74, 6) is 2.39. The summed E-state index contributed by atoms with van der Waals surface area (Å²) in [7, 11) is -3.40. The van der Waals surface area contributed by atoms with Crippen molar-refractivity contribution in [1.82, 2.24) is 9.44 Å². The van der Waals surface area contributed by atoms with Gasteiger partial charge < -0.3 is 0 Å². The van der Waals surface area contributed by atoms with Crippen LogP contribution >= 0.6 is 0 Å². The predicted octanol–water partition coefficient (Wildman–Crippen LogP) is 0.231. The van der Waals surface area contributed by atoms with Crippen LogP contribution in [0.4, 0.5) is 0 Å². The summed E-state index contributed by atoms with van der Waals surface area (Å²) in [6.45, 7) is 5.23. The summed E-state index contributed by atoms with van der Waals surface area (Å²) in [5, 5.41) is 0. The van der Waals surface area contributed by atoms with Crippen molar-refractivity contribution < 1.29 is 8.42 Å². The van der Waals surface area contributed by atoms with Crippen LogP contribution in [-0.2, 0) is 10.2 Å². The third-order valence-corrected chi connectivity index (χ3v) is 2.67. The van der Waals surface area contributed by atoms with Gasteiger partial charge in [0.2, 0.25) is 0 Å². The van der Waals surface area contributed by atoms with Crippen molar-refractivity contribution in [3.8, 4) is 12.3 Å². The van der Waals surface area contributed by atoms with E-state index in [0.717, 1.165) is 0 Å². The Bertz CT molecular complexity index is 277. The summed E-state index contributed by atoms with van der Waals surface area (Å²) in [6, 6.07) is -0.350. The van der Waals surface area contributed by atoms with Crippen LogP contribution in [0, 0.1) is 12.3 Å². The second-order valence-corrected chi connectivity index (χ2v) is 4.68. The molecule has 0 radical (unpaired) electrons. The van der Waals surface area contributed by atoms with Gasteiger partial charge in [0.05, 0.1) is 0 Å². The van der Waals surface area contributed by atoms with Crippen LogP contribution < -0.4 is 9.44 Å². The Balaban J connectivity index is 4.12. The van der Waals surface area contributed by atoms with Crippen molar-refractivity contribution in [2.24, 2.45) is 0 Å². The van der Waals surface area contributed by atoms with E-state index in [0.29, 0.717) is 6.42 Å². The van der Waals surface area contributed by atoms with Gasteiger partial charge >= 0.3 is 0 Å². The minimum absolute atomic E-state index is 0.115. The third-order valence-electron chi connectivity index (χ3n) is 1.17. The highest BCUT2D eigenvalue weighted by Gasteiger charge is 2.13. The molecule has 0 saturated carbocycles. The summed E-state index contributed by atoms with van der Waals surface area (Å²) in [5.41, 5.74) is 0. The molecule has 0 heterocycles. The zero-order valence-corrected chi connectivity index (χ0v) is 8.98. The molecule has 76 valence electrons. The van der Waals surface area contributed by atoms with E-state index in [1.54, 1.807) is 20.8 Å². The molecule has 0 amide bonds. The Morgan fingerprint density at radius 1 is 1.31 bits per heavy atom. The van der Waals surface area contributed by atoms with E-state index >= 15 is 0 Å². The van der Waals surface area contributed by atoms with Gasteiger partial charge in [0, 0.05) is 18.5 Å². The molecule has 13 heavy (non-hydrogen) atoms. The number of hydrogen-bond donors (Lipinski definition) is 2. The SMILES string of the molecule is C#CCC(C)NS(=O)(=O)NC(C)C. The van der Waals surface area contributed by atoms with Crippen LogP contribution in [0.2, 0.25) is 0 Å². The second-order valence-electron chi connectivity index (χ2n) is 3.20. The van der Waals surface area contributed by atoms with Crippen LogP contribution in [0.25, 0.3) is 0 Å². The van der Waals surface area contributed by atoms with Crippen molar-refractivity contribution >= 4 is 10.2 Å². The Hall–Kier alpha value is -0.570. The van der Waals surface area contributed by atoms with E-state index in [2.05, 4.69) is 15.4 Å². The molecule has 0 aromatic rings. The summed E-state index contributed by atoms with van der Waals surface area (Å²) < 4.78 is 27.3. The molecule has 0 aliphatic rings. The van der Waals surface area contributed by atoms with Crippen LogP contribution in [0.3, 0.4) is 0 Å². The average molecular weight is 204 g/mol. The molecule has 0 aliphatic heterocycles. The fraction of sp³-hybridized carbons (Fsp3) is 0.750. The first-order chi connectivity index (χ1) is 5.87. The molecule has 0 spiro atoms. The molecule has 0 rings (SSSR count). The molecule has 0 aromatic carbocycles. The highest BCUT2D eigenvalue weighted by Crippen LogP contribution is 1.92. The van der Waals surface area contributed by atoms with E-state index in [1.165, 1.54) is 0 Å². The van der Waals surface area contributed by atoms with Gasteiger partial charge in [-0.3, -0.25) is 0 Å². The third kappa shape index (κ3) is 6.58. The molecule has 0 aromatic heterocycles. The number of rotatable bonds is 5. The molecule has 2 N–H and O–H groups in total. The Morgan fingerprint density at radius 2 is 1.85 bits per heavy atom. The lowest BCUT2D eigenvalue weighted by molar-refractivity contribution is 0.539. The molecule has 0 saturated heterocycles. The first-order valence-corrected chi connectivity index (χ1v) is 5.58. The van der Waals surface area contributed by atoms with Gasteiger partial charge in [-0.1, -0.05) is 0 Å². The number of nitrogens with one attached hydrogen (secondary N) is 2. The second kappa shape index (κ2) is 5.22. The highest BCUT2D eigenvalue weighted by molar-refractivity contribution is 7.87. The van der Waals surface area contributed by atoms with Gasteiger partial charge in [-0.25, -0.2) is 0 Å². The van der Waals surface area contributed by atoms with Crippen LogP contribution in [0.5, 0.6) is 0 Å². The minimum Gasteiger partial charge on any atom is -0.200 e. The maximum absolute atomic E-state index is 11.2. The molecule has 4 nitrogen and oxygen atoms in total. The maximum atomic E-state index is 11.2. The fourth-order valence-corrected chi connectivity index (χ4v) is 2.13. The minimum atomic E-state index is -3.40. The van der Waals surface area contributed by atoms with Crippen molar-refractivity contribution in [2.75, 3.05) is 0 Å². The van der Waals surface area contributed by atoms with Gasteiger partial charge in [-0.15, -0.1) is 12.3 Å². The largest absolute Gasteiger partial charge is 0.277 e.